The molecule has 1 aromatic carbocycles. The minimum atomic E-state index is -1.60. The van der Waals surface area contributed by atoms with Gasteiger partial charge in [0.25, 0.3) is 0 Å². The topological polar surface area (TPSA) is 111 Å². The molecule has 1 aliphatic rings. The van der Waals surface area contributed by atoms with Gasteiger partial charge in [0.1, 0.15) is 18.8 Å². The average molecular weight is 392 g/mol. The number of nitrogens with zero attached hydrogens (tertiary/aromatic N) is 1. The van der Waals surface area contributed by atoms with Crippen LogP contribution in [0.2, 0.25) is 0 Å². The first kappa shape index (κ1) is 21.2. The zero-order valence-corrected chi connectivity index (χ0v) is 16.1. The van der Waals surface area contributed by atoms with E-state index in [0.717, 1.165) is 10.5 Å². The molecule has 0 bridgehead atoms. The summed E-state index contributed by atoms with van der Waals surface area (Å²) in [6.45, 7) is 4.88. The molecule has 0 aliphatic carbocycles. The molecule has 9 nitrogen and oxygen atoms in total. The van der Waals surface area contributed by atoms with E-state index in [4.69, 9.17) is 14.2 Å². The fourth-order valence-electron chi connectivity index (χ4n) is 2.36. The van der Waals surface area contributed by atoms with Crippen LogP contribution in [0.1, 0.15) is 26.3 Å². The van der Waals surface area contributed by atoms with E-state index in [1.165, 1.54) is 0 Å². The van der Waals surface area contributed by atoms with Gasteiger partial charge >= 0.3 is 18.2 Å². The summed E-state index contributed by atoms with van der Waals surface area (Å²) in [6, 6.07) is 7.29. The second-order valence-corrected chi connectivity index (χ2v) is 7.17. The van der Waals surface area contributed by atoms with Crippen molar-refractivity contribution in [2.45, 2.75) is 39.0 Å². The van der Waals surface area contributed by atoms with E-state index in [2.05, 4.69) is 5.32 Å². The Balaban J connectivity index is 2.05. The van der Waals surface area contributed by atoms with Crippen molar-refractivity contribution in [2.24, 2.45) is 0 Å². The number of benzene rings is 1. The fourth-order valence-corrected chi connectivity index (χ4v) is 2.36. The number of hydrogen-bond acceptors (Lipinski definition) is 7. The average Bonchev–Trinajstić information content (AvgIpc) is 3.01. The van der Waals surface area contributed by atoms with Crippen LogP contribution in [-0.2, 0) is 30.4 Å². The zero-order chi connectivity index (χ0) is 20.7. The maximum Gasteiger partial charge on any atom is 0.410 e. The molecule has 1 aromatic rings. The monoisotopic (exact) mass is 392 g/mol. The van der Waals surface area contributed by atoms with Gasteiger partial charge in [0.2, 0.25) is 0 Å². The molecule has 2 rings (SSSR count). The Morgan fingerprint density at radius 3 is 2.46 bits per heavy atom. The standard InChI is InChI=1S/C19H24N2O7/c1-19(2,3)28-17(24)20-15(14(22)11-21-9-10-26-18(21)25)16(23)27-12-13-7-5-4-6-8-13/h4-8,15H,9-12H2,1-3H3,(H,20,24). The molecule has 0 aromatic heterocycles. The summed E-state index contributed by atoms with van der Waals surface area (Å²) in [4.78, 5) is 49.8. The van der Waals surface area contributed by atoms with Gasteiger partial charge in [-0.2, -0.15) is 0 Å². The predicted molar refractivity (Wildman–Crippen MR) is 97.3 cm³/mol. The van der Waals surface area contributed by atoms with Gasteiger partial charge in [-0.3, -0.25) is 9.69 Å². The summed E-state index contributed by atoms with van der Waals surface area (Å²) in [7, 11) is 0. The largest absolute Gasteiger partial charge is 0.459 e. The Hall–Kier alpha value is -3.10. The van der Waals surface area contributed by atoms with Gasteiger partial charge in [0.15, 0.2) is 11.8 Å². The van der Waals surface area contributed by atoms with Crippen LogP contribution in [0.3, 0.4) is 0 Å². The van der Waals surface area contributed by atoms with Gasteiger partial charge < -0.3 is 19.5 Å². The van der Waals surface area contributed by atoms with E-state index in [1.54, 1.807) is 45.0 Å². The van der Waals surface area contributed by atoms with Crippen LogP contribution < -0.4 is 5.32 Å². The van der Waals surface area contributed by atoms with Gasteiger partial charge in [-0.15, -0.1) is 0 Å². The van der Waals surface area contributed by atoms with Gasteiger partial charge in [-0.25, -0.2) is 14.4 Å². The highest BCUT2D eigenvalue weighted by Gasteiger charge is 2.35. The van der Waals surface area contributed by atoms with Crippen LogP contribution in [0, 0.1) is 0 Å². The smallest absolute Gasteiger partial charge is 0.410 e. The number of carbonyl (C=O) groups excluding carboxylic acids is 4. The zero-order valence-electron chi connectivity index (χ0n) is 16.1. The van der Waals surface area contributed by atoms with Crippen molar-refractivity contribution in [2.75, 3.05) is 19.7 Å². The Labute approximate surface area is 162 Å². The summed E-state index contributed by atoms with van der Waals surface area (Å²) >= 11 is 0. The third-order valence-corrected chi connectivity index (χ3v) is 3.63. The first-order chi connectivity index (χ1) is 13.2. The van der Waals surface area contributed by atoms with Gasteiger partial charge in [-0.1, -0.05) is 30.3 Å². The SMILES string of the molecule is CC(C)(C)OC(=O)NC(C(=O)CN1CCOC1=O)C(=O)OCc1ccccc1. The third kappa shape index (κ3) is 6.57. The lowest BCUT2D eigenvalue weighted by atomic mass is 10.1. The summed E-state index contributed by atoms with van der Waals surface area (Å²) in [6.07, 6.45) is -1.59. The second kappa shape index (κ2) is 9.20. The van der Waals surface area contributed by atoms with Crippen molar-refractivity contribution < 1.29 is 33.4 Å². The second-order valence-electron chi connectivity index (χ2n) is 7.17. The van der Waals surface area contributed by atoms with E-state index in [1.807, 2.05) is 6.07 Å². The molecule has 0 saturated carbocycles. The van der Waals surface area contributed by atoms with Crippen molar-refractivity contribution in [3.05, 3.63) is 35.9 Å². The van der Waals surface area contributed by atoms with Crippen LogP contribution >= 0.6 is 0 Å². The van der Waals surface area contributed by atoms with Crippen LogP contribution in [0.4, 0.5) is 9.59 Å². The number of rotatable bonds is 7. The number of esters is 1. The molecule has 1 N–H and O–H groups in total. The molecule has 1 atom stereocenters. The molecule has 1 saturated heterocycles. The highest BCUT2D eigenvalue weighted by atomic mass is 16.6. The van der Waals surface area contributed by atoms with Crippen LogP contribution in [-0.4, -0.2) is 60.2 Å². The lowest BCUT2D eigenvalue weighted by molar-refractivity contribution is -0.150. The minimum absolute atomic E-state index is 0.0643. The third-order valence-electron chi connectivity index (χ3n) is 3.63. The van der Waals surface area contributed by atoms with E-state index in [9.17, 15) is 19.2 Å². The summed E-state index contributed by atoms with van der Waals surface area (Å²) in [5.74, 6) is -1.64. The number of alkyl carbamates (subject to hydrolysis) is 1. The van der Waals surface area contributed by atoms with Crippen molar-refractivity contribution in [1.82, 2.24) is 10.2 Å². The molecule has 0 radical (unpaired) electrons. The summed E-state index contributed by atoms with van der Waals surface area (Å²) in [5, 5.41) is 2.23. The number of hydrogen-bond donors (Lipinski definition) is 1. The number of ether oxygens (including phenoxy) is 3. The molecule has 1 fully saturated rings. The molecule has 2 amide bonds. The number of nitrogens with one attached hydrogen (secondary N) is 1. The quantitative estimate of drug-likeness (QED) is 0.427. The van der Waals surface area contributed by atoms with Crippen LogP contribution in [0.25, 0.3) is 0 Å². The molecule has 28 heavy (non-hydrogen) atoms. The maximum atomic E-state index is 12.6. The number of amides is 2. The fraction of sp³-hybridized carbons (Fsp3) is 0.474. The highest BCUT2D eigenvalue weighted by molar-refractivity contribution is 6.06. The van der Waals surface area contributed by atoms with Crippen molar-refractivity contribution in [3.8, 4) is 0 Å². The number of Topliss-reactive ketones (excluding diaryl/α,β-unsaturated/α-hetero) is 1. The Kier molecular flexibility index (Phi) is 6.97. The van der Waals surface area contributed by atoms with E-state index in [0.29, 0.717) is 0 Å². The number of cyclic esters (lactones) is 1. The van der Waals surface area contributed by atoms with Gasteiger partial charge in [0, 0.05) is 0 Å². The first-order valence-electron chi connectivity index (χ1n) is 8.80. The van der Waals surface area contributed by atoms with Gasteiger partial charge in [-0.05, 0) is 26.3 Å². The van der Waals surface area contributed by atoms with Crippen LogP contribution in [0.5, 0.6) is 0 Å². The van der Waals surface area contributed by atoms with Crippen LogP contribution in [0.15, 0.2) is 30.3 Å². The molecule has 152 valence electrons. The molecule has 1 heterocycles. The Morgan fingerprint density at radius 2 is 1.89 bits per heavy atom. The molecule has 0 spiro atoms. The van der Waals surface area contributed by atoms with Crippen molar-refractivity contribution in [1.29, 1.82) is 0 Å². The first-order valence-corrected chi connectivity index (χ1v) is 8.80. The van der Waals surface area contributed by atoms with Crippen molar-refractivity contribution >= 4 is 23.9 Å². The molecule has 1 unspecified atom stereocenters. The molecular formula is C19H24N2O7. The Morgan fingerprint density at radius 1 is 1.21 bits per heavy atom. The predicted octanol–water partition coefficient (Wildman–Crippen LogP) is 1.64. The Bertz CT molecular complexity index is 728. The molecule has 9 heteroatoms. The lowest BCUT2D eigenvalue weighted by Gasteiger charge is -2.23. The summed E-state index contributed by atoms with van der Waals surface area (Å²) in [5.41, 5.74) is -0.0906. The van der Waals surface area contributed by atoms with Gasteiger partial charge in [0.05, 0.1) is 13.1 Å². The normalized spacial score (nSPS) is 14.8. The van der Waals surface area contributed by atoms with E-state index >= 15 is 0 Å². The lowest BCUT2D eigenvalue weighted by Crippen LogP contribution is -2.51. The molecule has 1 aliphatic heterocycles. The van der Waals surface area contributed by atoms with E-state index < -0.39 is 35.6 Å². The molecular weight excluding hydrogens is 368 g/mol. The number of carbonyl (C=O) groups is 4. The minimum Gasteiger partial charge on any atom is -0.459 e. The number of ketones is 1. The maximum absolute atomic E-state index is 12.6. The highest BCUT2D eigenvalue weighted by Crippen LogP contribution is 2.09. The van der Waals surface area contributed by atoms with Crippen molar-refractivity contribution in [3.63, 3.8) is 0 Å². The van der Waals surface area contributed by atoms with E-state index in [-0.39, 0.29) is 26.3 Å². The summed E-state index contributed by atoms with van der Waals surface area (Å²) < 4.78 is 15.0.